The first-order valence-electron chi connectivity index (χ1n) is 10.4. The second-order valence-corrected chi connectivity index (χ2v) is 8.83. The first-order chi connectivity index (χ1) is 14.6. The van der Waals surface area contributed by atoms with Gasteiger partial charge in [-0.05, 0) is 25.3 Å². The summed E-state index contributed by atoms with van der Waals surface area (Å²) in [4.78, 5) is 28.9. The van der Waals surface area contributed by atoms with Crippen molar-refractivity contribution in [2.45, 2.75) is 39.0 Å². The Kier molecular flexibility index (Phi) is 6.71. The predicted octanol–water partition coefficient (Wildman–Crippen LogP) is 1.60. The van der Waals surface area contributed by atoms with Gasteiger partial charge in [0.25, 0.3) is 11.8 Å². The minimum absolute atomic E-state index is 0.121. The van der Waals surface area contributed by atoms with Crippen LogP contribution in [0.2, 0.25) is 0 Å². The van der Waals surface area contributed by atoms with Crippen molar-refractivity contribution in [3.05, 3.63) is 45.4 Å². The van der Waals surface area contributed by atoms with Crippen molar-refractivity contribution in [3.63, 3.8) is 0 Å². The Morgan fingerprint density at radius 1 is 1.17 bits per heavy atom. The lowest BCUT2D eigenvalue weighted by Gasteiger charge is -2.35. The molecule has 2 aromatic rings. The minimum atomic E-state index is -0.249. The molecule has 0 unspecified atom stereocenters. The van der Waals surface area contributed by atoms with Crippen LogP contribution in [0.5, 0.6) is 0 Å². The summed E-state index contributed by atoms with van der Waals surface area (Å²) in [5.74, 6) is -0.0816. The topological polar surface area (TPSA) is 87.7 Å². The highest BCUT2D eigenvalue weighted by Gasteiger charge is 2.30. The number of carbonyl (C=O) groups is 2. The van der Waals surface area contributed by atoms with Crippen LogP contribution in [0.25, 0.3) is 0 Å². The van der Waals surface area contributed by atoms with Gasteiger partial charge >= 0.3 is 0 Å². The Balaban J connectivity index is 1.23. The van der Waals surface area contributed by atoms with Crippen LogP contribution in [-0.2, 0) is 22.6 Å². The van der Waals surface area contributed by atoms with Gasteiger partial charge in [-0.15, -0.1) is 10.2 Å². The molecule has 1 aromatic carbocycles. The number of aromatic nitrogens is 2. The van der Waals surface area contributed by atoms with Crippen LogP contribution >= 0.6 is 11.3 Å². The fraction of sp³-hybridized carbons (Fsp3) is 0.524. The maximum atomic E-state index is 12.4. The SMILES string of the molecule is Cc1ccc(CNC(=O)c2nnc(CN3CCN(C(=O)[C@@H]4CCCO4)CC3)s2)cc1. The molecule has 3 heterocycles. The summed E-state index contributed by atoms with van der Waals surface area (Å²) >= 11 is 1.32. The number of amides is 2. The lowest BCUT2D eigenvalue weighted by atomic mass is 10.1. The van der Waals surface area contributed by atoms with Crippen LogP contribution in [0, 0.1) is 6.92 Å². The van der Waals surface area contributed by atoms with Gasteiger partial charge in [0.1, 0.15) is 11.1 Å². The summed E-state index contributed by atoms with van der Waals surface area (Å²) in [6.45, 7) is 6.80. The molecule has 0 aliphatic carbocycles. The number of benzene rings is 1. The molecule has 0 spiro atoms. The highest BCUT2D eigenvalue weighted by molar-refractivity contribution is 7.13. The molecule has 2 fully saturated rings. The van der Waals surface area contributed by atoms with E-state index in [0.29, 0.717) is 37.8 Å². The molecular formula is C21H27N5O3S. The van der Waals surface area contributed by atoms with Crippen molar-refractivity contribution >= 4 is 23.2 Å². The smallest absolute Gasteiger partial charge is 0.282 e. The lowest BCUT2D eigenvalue weighted by molar-refractivity contribution is -0.142. The van der Waals surface area contributed by atoms with Crippen LogP contribution in [0.3, 0.4) is 0 Å². The fourth-order valence-corrected chi connectivity index (χ4v) is 4.47. The summed E-state index contributed by atoms with van der Waals surface area (Å²) in [5, 5.41) is 12.3. The number of piperazine rings is 1. The molecule has 160 valence electrons. The Morgan fingerprint density at radius 3 is 2.63 bits per heavy atom. The van der Waals surface area contributed by atoms with Gasteiger partial charge in [-0.2, -0.15) is 0 Å². The van der Waals surface area contributed by atoms with Gasteiger partial charge in [-0.3, -0.25) is 14.5 Å². The third-order valence-electron chi connectivity index (χ3n) is 5.48. The summed E-state index contributed by atoms with van der Waals surface area (Å²) < 4.78 is 5.51. The Morgan fingerprint density at radius 2 is 1.93 bits per heavy atom. The fourth-order valence-electron chi connectivity index (χ4n) is 3.67. The van der Waals surface area contributed by atoms with Gasteiger partial charge < -0.3 is 15.0 Å². The van der Waals surface area contributed by atoms with Crippen LogP contribution in [0.15, 0.2) is 24.3 Å². The van der Waals surface area contributed by atoms with Gasteiger partial charge in [0.05, 0.1) is 6.54 Å². The zero-order valence-electron chi connectivity index (χ0n) is 17.2. The number of nitrogens with one attached hydrogen (secondary N) is 1. The second kappa shape index (κ2) is 9.63. The van der Waals surface area contributed by atoms with Crippen molar-refractivity contribution in [1.29, 1.82) is 0 Å². The van der Waals surface area contributed by atoms with Gasteiger partial charge in [-0.25, -0.2) is 0 Å². The van der Waals surface area contributed by atoms with E-state index in [-0.39, 0.29) is 17.9 Å². The number of hydrogen-bond acceptors (Lipinski definition) is 7. The molecule has 1 N–H and O–H groups in total. The van der Waals surface area contributed by atoms with Crippen LogP contribution in [-0.4, -0.2) is 70.7 Å². The largest absolute Gasteiger partial charge is 0.368 e. The summed E-state index contributed by atoms with van der Waals surface area (Å²) in [6.07, 6.45) is 1.55. The molecule has 0 saturated carbocycles. The van der Waals surface area contributed by atoms with Crippen LogP contribution in [0.4, 0.5) is 0 Å². The van der Waals surface area contributed by atoms with Crippen LogP contribution in [0.1, 0.15) is 38.8 Å². The Labute approximate surface area is 180 Å². The number of hydrogen-bond donors (Lipinski definition) is 1. The average Bonchev–Trinajstić information content (AvgIpc) is 3.46. The zero-order valence-corrected chi connectivity index (χ0v) is 18.0. The molecule has 8 nitrogen and oxygen atoms in total. The average molecular weight is 430 g/mol. The van der Waals surface area contributed by atoms with E-state index < -0.39 is 0 Å². The second-order valence-electron chi connectivity index (χ2n) is 7.77. The van der Waals surface area contributed by atoms with E-state index in [1.807, 2.05) is 36.1 Å². The monoisotopic (exact) mass is 429 g/mol. The highest BCUT2D eigenvalue weighted by atomic mass is 32.1. The summed E-state index contributed by atoms with van der Waals surface area (Å²) in [6, 6.07) is 8.06. The number of rotatable bonds is 6. The molecular weight excluding hydrogens is 402 g/mol. The number of aryl methyl sites for hydroxylation is 1. The Hall–Kier alpha value is -2.36. The van der Waals surface area contributed by atoms with Crippen molar-refractivity contribution in [2.24, 2.45) is 0 Å². The summed E-state index contributed by atoms with van der Waals surface area (Å²) in [7, 11) is 0. The molecule has 30 heavy (non-hydrogen) atoms. The van der Waals surface area contributed by atoms with Gasteiger partial charge in [0.2, 0.25) is 5.01 Å². The van der Waals surface area contributed by atoms with E-state index >= 15 is 0 Å². The van der Waals surface area contributed by atoms with Crippen molar-refractivity contribution in [1.82, 2.24) is 25.3 Å². The van der Waals surface area contributed by atoms with Gasteiger partial charge in [0.15, 0.2) is 0 Å². The standard InChI is InChI=1S/C21H27N5O3S/c1-15-4-6-16(7-5-15)13-22-19(27)20-24-23-18(30-20)14-25-8-10-26(11-9-25)21(28)17-3-2-12-29-17/h4-7,17H,2-3,8-14H2,1H3,(H,22,27)/t17-/m0/s1. The molecule has 4 rings (SSSR count). The molecule has 2 aliphatic heterocycles. The van der Waals surface area contributed by atoms with Gasteiger partial charge in [0, 0.05) is 39.3 Å². The molecule has 2 amide bonds. The minimum Gasteiger partial charge on any atom is -0.368 e. The van der Waals surface area contributed by atoms with E-state index in [1.54, 1.807) is 0 Å². The molecule has 9 heteroatoms. The number of ether oxygens (including phenoxy) is 1. The predicted molar refractivity (Wildman–Crippen MR) is 113 cm³/mol. The molecule has 0 bridgehead atoms. The quantitative estimate of drug-likeness (QED) is 0.751. The molecule has 0 radical (unpaired) electrons. The zero-order chi connectivity index (χ0) is 20.9. The van der Waals surface area contributed by atoms with E-state index in [4.69, 9.17) is 4.74 Å². The van der Waals surface area contributed by atoms with Crippen molar-refractivity contribution in [3.8, 4) is 0 Å². The van der Waals surface area contributed by atoms with Crippen molar-refractivity contribution in [2.75, 3.05) is 32.8 Å². The third kappa shape index (κ3) is 5.21. The highest BCUT2D eigenvalue weighted by Crippen LogP contribution is 2.18. The van der Waals surface area contributed by atoms with Gasteiger partial charge in [-0.1, -0.05) is 41.2 Å². The molecule has 1 aromatic heterocycles. The van der Waals surface area contributed by atoms with E-state index in [2.05, 4.69) is 20.4 Å². The number of carbonyl (C=O) groups excluding carboxylic acids is 2. The maximum Gasteiger partial charge on any atom is 0.282 e. The first-order valence-corrected chi connectivity index (χ1v) is 11.2. The maximum absolute atomic E-state index is 12.4. The Bertz CT molecular complexity index is 871. The normalized spacial score (nSPS) is 19.8. The molecule has 2 saturated heterocycles. The van der Waals surface area contributed by atoms with Crippen LogP contribution < -0.4 is 5.32 Å². The van der Waals surface area contributed by atoms with E-state index in [1.165, 1.54) is 16.9 Å². The lowest BCUT2D eigenvalue weighted by Crippen LogP contribution is -2.51. The number of nitrogens with zero attached hydrogens (tertiary/aromatic N) is 4. The van der Waals surface area contributed by atoms with E-state index in [9.17, 15) is 9.59 Å². The summed E-state index contributed by atoms with van der Waals surface area (Å²) in [5.41, 5.74) is 2.24. The first kappa shape index (κ1) is 20.9. The third-order valence-corrected chi connectivity index (χ3v) is 6.39. The molecule has 2 aliphatic rings. The van der Waals surface area contributed by atoms with Crippen molar-refractivity contribution < 1.29 is 14.3 Å². The van der Waals surface area contributed by atoms with E-state index in [0.717, 1.165) is 36.5 Å². The molecule has 1 atom stereocenters.